The van der Waals surface area contributed by atoms with Crippen LogP contribution in [0.2, 0.25) is 0 Å². The highest BCUT2D eigenvalue weighted by molar-refractivity contribution is 5.35. The zero-order valence-corrected chi connectivity index (χ0v) is 8.35. The van der Waals surface area contributed by atoms with Gasteiger partial charge in [-0.15, -0.1) is 0 Å². The van der Waals surface area contributed by atoms with Gasteiger partial charge in [-0.3, -0.25) is 0 Å². The first-order valence-electron chi connectivity index (χ1n) is 4.71. The first kappa shape index (κ1) is 10.6. The third-order valence-electron chi connectivity index (χ3n) is 2.24. The van der Waals surface area contributed by atoms with Crippen LogP contribution in [-0.2, 0) is 12.5 Å². The molecule has 2 aromatic rings. The molecule has 0 saturated carbocycles. The number of phenolic OH excluding ortho intramolecular Hbond substituents is 1. The fourth-order valence-corrected chi connectivity index (χ4v) is 1.48. The average molecular weight is 224 g/mol. The number of aromatic hydroxyl groups is 1. The molecule has 0 aliphatic rings. The summed E-state index contributed by atoms with van der Waals surface area (Å²) in [5, 5.41) is 9.37. The van der Waals surface area contributed by atoms with Gasteiger partial charge in [-0.1, -0.05) is 12.1 Å². The van der Waals surface area contributed by atoms with E-state index in [0.717, 1.165) is 0 Å². The van der Waals surface area contributed by atoms with Crippen LogP contribution in [0, 0.1) is 0 Å². The number of rotatable bonds is 3. The van der Waals surface area contributed by atoms with E-state index >= 15 is 0 Å². The van der Waals surface area contributed by atoms with E-state index in [1.54, 1.807) is 0 Å². The van der Waals surface area contributed by atoms with Crippen molar-refractivity contribution in [1.82, 2.24) is 9.55 Å². The maximum atomic E-state index is 13.8. The number of hydrogen-bond acceptors (Lipinski definition) is 2. The molecule has 0 bridgehead atoms. The van der Waals surface area contributed by atoms with Crippen LogP contribution in [0.4, 0.5) is 8.78 Å². The Kier molecular flexibility index (Phi) is 2.60. The van der Waals surface area contributed by atoms with Crippen LogP contribution in [0.25, 0.3) is 0 Å². The molecule has 1 heterocycles. The van der Waals surface area contributed by atoms with Crippen molar-refractivity contribution in [1.29, 1.82) is 0 Å². The lowest BCUT2D eigenvalue weighted by Gasteiger charge is -2.18. The molecule has 0 saturated heterocycles. The molecule has 0 atom stereocenters. The predicted octanol–water partition coefficient (Wildman–Crippen LogP) is 2.38. The largest absolute Gasteiger partial charge is 0.507 e. The van der Waals surface area contributed by atoms with Gasteiger partial charge in [-0.25, -0.2) is 4.98 Å². The molecule has 3 nitrogen and oxygen atoms in total. The van der Waals surface area contributed by atoms with Gasteiger partial charge in [0.15, 0.2) is 0 Å². The van der Waals surface area contributed by atoms with E-state index in [2.05, 4.69) is 4.98 Å². The Balaban J connectivity index is 2.28. The molecule has 84 valence electrons. The lowest BCUT2D eigenvalue weighted by atomic mass is 10.1. The summed E-state index contributed by atoms with van der Waals surface area (Å²) >= 11 is 0. The number of para-hydroxylation sites is 1. The standard InChI is InChI=1S/C11H10F2N2O/c12-11(13,7-15-6-5-14-8-15)9-3-1-2-4-10(9)16/h1-6,8,16H,7H2. The van der Waals surface area contributed by atoms with Crippen LogP contribution in [0.15, 0.2) is 43.0 Å². The smallest absolute Gasteiger partial charge is 0.294 e. The third kappa shape index (κ3) is 2.03. The predicted molar refractivity (Wildman–Crippen MR) is 54.2 cm³/mol. The molecule has 0 aliphatic heterocycles. The fraction of sp³-hybridized carbons (Fsp3) is 0.182. The minimum absolute atomic E-state index is 0.372. The van der Waals surface area contributed by atoms with Gasteiger partial charge in [-0.2, -0.15) is 8.78 Å². The summed E-state index contributed by atoms with van der Waals surface area (Å²) in [6, 6.07) is 5.44. The summed E-state index contributed by atoms with van der Waals surface area (Å²) in [5.41, 5.74) is -0.372. The van der Waals surface area contributed by atoms with Crippen molar-refractivity contribution < 1.29 is 13.9 Å². The van der Waals surface area contributed by atoms with Crippen LogP contribution < -0.4 is 0 Å². The first-order valence-corrected chi connectivity index (χ1v) is 4.71. The average Bonchev–Trinajstić information content (AvgIpc) is 2.70. The maximum Gasteiger partial charge on any atom is 0.294 e. The van der Waals surface area contributed by atoms with Crippen molar-refractivity contribution >= 4 is 0 Å². The lowest BCUT2D eigenvalue weighted by Crippen LogP contribution is -2.20. The van der Waals surface area contributed by atoms with Gasteiger partial charge in [0.1, 0.15) is 5.75 Å². The summed E-state index contributed by atoms with van der Waals surface area (Å²) < 4.78 is 28.8. The van der Waals surface area contributed by atoms with E-state index in [1.807, 2.05) is 0 Å². The molecule has 0 fully saturated rings. The molecule has 0 radical (unpaired) electrons. The van der Waals surface area contributed by atoms with E-state index in [4.69, 9.17) is 0 Å². The monoisotopic (exact) mass is 224 g/mol. The molecule has 0 spiro atoms. The Labute approximate surface area is 91.0 Å². The maximum absolute atomic E-state index is 13.8. The van der Waals surface area contributed by atoms with Gasteiger partial charge in [0.2, 0.25) is 0 Å². The number of halogens is 2. The lowest BCUT2D eigenvalue weighted by molar-refractivity contribution is -0.0241. The van der Waals surface area contributed by atoms with Crippen molar-refractivity contribution in [3.8, 4) is 5.75 Å². The Hall–Kier alpha value is -1.91. The molecule has 5 heteroatoms. The number of imidazole rings is 1. The van der Waals surface area contributed by atoms with E-state index in [-0.39, 0.29) is 5.56 Å². The van der Waals surface area contributed by atoms with Gasteiger partial charge < -0.3 is 9.67 Å². The van der Waals surface area contributed by atoms with Gasteiger partial charge >= 0.3 is 0 Å². The van der Waals surface area contributed by atoms with Crippen LogP contribution in [0.5, 0.6) is 5.75 Å². The van der Waals surface area contributed by atoms with Gasteiger partial charge in [0, 0.05) is 12.4 Å². The van der Waals surface area contributed by atoms with Crippen molar-refractivity contribution in [3.63, 3.8) is 0 Å². The number of phenols is 1. The van der Waals surface area contributed by atoms with E-state index in [9.17, 15) is 13.9 Å². The Morgan fingerprint density at radius 3 is 2.69 bits per heavy atom. The second-order valence-electron chi connectivity index (χ2n) is 3.46. The number of benzene rings is 1. The Morgan fingerprint density at radius 1 is 1.31 bits per heavy atom. The van der Waals surface area contributed by atoms with Gasteiger partial charge in [-0.05, 0) is 12.1 Å². The molecule has 1 N–H and O–H groups in total. The van der Waals surface area contributed by atoms with Crippen LogP contribution >= 0.6 is 0 Å². The highest BCUT2D eigenvalue weighted by atomic mass is 19.3. The number of hydrogen-bond donors (Lipinski definition) is 1. The summed E-state index contributed by atoms with van der Waals surface area (Å²) in [5.74, 6) is -3.51. The molecular formula is C11H10F2N2O. The molecule has 16 heavy (non-hydrogen) atoms. The minimum Gasteiger partial charge on any atom is -0.507 e. The Morgan fingerprint density at radius 2 is 2.06 bits per heavy atom. The van der Waals surface area contributed by atoms with Crippen molar-refractivity contribution in [2.75, 3.05) is 0 Å². The molecule has 1 aromatic heterocycles. The van der Waals surface area contributed by atoms with Gasteiger partial charge in [0.25, 0.3) is 5.92 Å². The second-order valence-corrected chi connectivity index (χ2v) is 3.46. The van der Waals surface area contributed by atoms with Gasteiger partial charge in [0.05, 0.1) is 18.4 Å². The van der Waals surface area contributed by atoms with Crippen LogP contribution in [0.3, 0.4) is 0 Å². The summed E-state index contributed by atoms with van der Waals surface area (Å²) in [4.78, 5) is 3.69. The molecule has 1 aromatic carbocycles. The quantitative estimate of drug-likeness (QED) is 0.869. The highest BCUT2D eigenvalue weighted by Gasteiger charge is 2.34. The SMILES string of the molecule is Oc1ccccc1C(F)(F)Cn1ccnc1. The van der Waals surface area contributed by atoms with Crippen molar-refractivity contribution in [2.24, 2.45) is 0 Å². The van der Waals surface area contributed by atoms with Crippen LogP contribution in [-0.4, -0.2) is 14.7 Å². The topological polar surface area (TPSA) is 38.0 Å². The zero-order chi connectivity index (χ0) is 11.6. The van der Waals surface area contributed by atoms with E-state index in [1.165, 1.54) is 47.6 Å². The number of aromatic nitrogens is 2. The number of nitrogens with zero attached hydrogens (tertiary/aromatic N) is 2. The van der Waals surface area contributed by atoms with Crippen molar-refractivity contribution in [2.45, 2.75) is 12.5 Å². The summed E-state index contributed by atoms with van der Waals surface area (Å²) in [6.45, 7) is -0.537. The van der Waals surface area contributed by atoms with E-state index in [0.29, 0.717) is 0 Å². The molecule has 0 amide bonds. The molecule has 2 rings (SSSR count). The zero-order valence-electron chi connectivity index (χ0n) is 8.35. The third-order valence-corrected chi connectivity index (χ3v) is 2.24. The summed E-state index contributed by atoms with van der Waals surface area (Å²) in [7, 11) is 0. The molecule has 0 unspecified atom stereocenters. The van der Waals surface area contributed by atoms with E-state index < -0.39 is 18.2 Å². The minimum atomic E-state index is -3.12. The second kappa shape index (κ2) is 3.92. The first-order chi connectivity index (χ1) is 7.59. The fourth-order valence-electron chi connectivity index (χ4n) is 1.48. The van der Waals surface area contributed by atoms with Crippen molar-refractivity contribution in [3.05, 3.63) is 48.5 Å². The number of alkyl halides is 2. The molecular weight excluding hydrogens is 214 g/mol. The normalized spacial score (nSPS) is 11.6. The van der Waals surface area contributed by atoms with Crippen LogP contribution in [0.1, 0.15) is 5.56 Å². The summed E-state index contributed by atoms with van der Waals surface area (Å²) in [6.07, 6.45) is 4.20. The highest BCUT2D eigenvalue weighted by Crippen LogP contribution is 2.35. The molecule has 0 aliphatic carbocycles. The Bertz CT molecular complexity index is 469.